The Morgan fingerprint density at radius 3 is 2.48 bits per heavy atom. The maximum absolute atomic E-state index is 12.4. The van der Waals surface area contributed by atoms with Gasteiger partial charge in [0.15, 0.2) is 9.84 Å². The zero-order chi connectivity index (χ0) is 16.3. The number of nitrogens with one attached hydrogen (secondary N) is 1. The molecule has 0 saturated heterocycles. The van der Waals surface area contributed by atoms with E-state index in [2.05, 4.69) is 5.32 Å². The molecule has 118 valence electrons. The summed E-state index contributed by atoms with van der Waals surface area (Å²) in [4.78, 5) is 12.5. The molecule has 21 heavy (non-hydrogen) atoms. The summed E-state index contributed by atoms with van der Waals surface area (Å²) in [5.74, 6) is -0.323. The number of benzene rings is 1. The molecule has 0 fully saturated rings. The first-order chi connectivity index (χ1) is 9.63. The summed E-state index contributed by atoms with van der Waals surface area (Å²) in [6, 6.07) is 4.52. The Balaban J connectivity index is 3.13. The number of aliphatic hydroxyl groups is 1. The summed E-state index contributed by atoms with van der Waals surface area (Å²) >= 11 is 0. The molecule has 0 radical (unpaired) electrons. The van der Waals surface area contributed by atoms with Crippen LogP contribution in [0.15, 0.2) is 23.1 Å². The molecule has 0 spiro atoms. The van der Waals surface area contributed by atoms with Gasteiger partial charge in [-0.05, 0) is 44.4 Å². The molecule has 1 rings (SSSR count). The summed E-state index contributed by atoms with van der Waals surface area (Å²) in [5, 5.41) is 12.0. The molecule has 0 aliphatic rings. The van der Waals surface area contributed by atoms with E-state index in [4.69, 9.17) is 5.11 Å². The van der Waals surface area contributed by atoms with Gasteiger partial charge in [0.2, 0.25) is 0 Å². The molecular weight excluding hydrogens is 290 g/mol. The Morgan fingerprint density at radius 2 is 2.00 bits per heavy atom. The largest absolute Gasteiger partial charge is 0.396 e. The predicted molar refractivity (Wildman–Crippen MR) is 82.2 cm³/mol. The fourth-order valence-corrected chi connectivity index (χ4v) is 2.64. The fraction of sp³-hybridized carbons (Fsp3) is 0.533. The predicted octanol–water partition coefficient (Wildman–Crippen LogP) is 1.68. The van der Waals surface area contributed by atoms with Gasteiger partial charge in [-0.25, -0.2) is 8.42 Å². The summed E-state index contributed by atoms with van der Waals surface area (Å²) < 4.78 is 23.2. The third-order valence-electron chi connectivity index (χ3n) is 3.74. The third kappa shape index (κ3) is 4.54. The van der Waals surface area contributed by atoms with E-state index in [0.29, 0.717) is 24.0 Å². The Hall–Kier alpha value is -1.40. The molecule has 1 aromatic rings. The molecule has 0 saturated carbocycles. The van der Waals surface area contributed by atoms with Crippen LogP contribution in [0.4, 0.5) is 0 Å². The molecule has 0 bridgehead atoms. The van der Waals surface area contributed by atoms with Crippen molar-refractivity contribution >= 4 is 15.7 Å². The van der Waals surface area contributed by atoms with Crippen LogP contribution in [0, 0.1) is 6.92 Å². The van der Waals surface area contributed by atoms with Crippen LogP contribution in [0.5, 0.6) is 0 Å². The lowest BCUT2D eigenvalue weighted by molar-refractivity contribution is 0.0885. The Bertz CT molecular complexity index is 625. The van der Waals surface area contributed by atoms with E-state index in [1.54, 1.807) is 13.0 Å². The van der Waals surface area contributed by atoms with Crippen molar-refractivity contribution in [1.82, 2.24) is 5.32 Å². The monoisotopic (exact) mass is 313 g/mol. The number of carbonyl (C=O) groups is 1. The van der Waals surface area contributed by atoms with Gasteiger partial charge in [0.25, 0.3) is 5.91 Å². The number of sulfone groups is 1. The van der Waals surface area contributed by atoms with E-state index in [0.717, 1.165) is 6.26 Å². The minimum atomic E-state index is -3.36. The van der Waals surface area contributed by atoms with Gasteiger partial charge < -0.3 is 10.4 Å². The summed E-state index contributed by atoms with van der Waals surface area (Å²) in [5.41, 5.74) is 0.539. The van der Waals surface area contributed by atoms with Crippen LogP contribution in [-0.4, -0.2) is 37.8 Å². The van der Waals surface area contributed by atoms with Crippen molar-refractivity contribution in [2.45, 2.75) is 44.0 Å². The molecule has 0 aliphatic heterocycles. The number of aliphatic hydroxyl groups excluding tert-OH is 1. The van der Waals surface area contributed by atoms with Crippen molar-refractivity contribution in [3.63, 3.8) is 0 Å². The van der Waals surface area contributed by atoms with Crippen molar-refractivity contribution in [3.05, 3.63) is 29.3 Å². The van der Waals surface area contributed by atoms with E-state index in [-0.39, 0.29) is 17.4 Å². The topological polar surface area (TPSA) is 83.5 Å². The number of hydrogen-bond donors (Lipinski definition) is 2. The molecule has 2 N–H and O–H groups in total. The maximum atomic E-state index is 12.4. The second-order valence-electron chi connectivity index (χ2n) is 5.59. The van der Waals surface area contributed by atoms with Crippen LogP contribution in [-0.2, 0) is 9.84 Å². The fourth-order valence-electron chi connectivity index (χ4n) is 1.99. The summed E-state index contributed by atoms with van der Waals surface area (Å²) in [6.45, 7) is 5.52. The molecule has 1 unspecified atom stereocenters. The SMILES string of the molecule is CCC(C)(CCO)NC(=O)c1cc(S(C)(=O)=O)ccc1C. The van der Waals surface area contributed by atoms with Gasteiger partial charge >= 0.3 is 0 Å². The highest BCUT2D eigenvalue weighted by atomic mass is 32.2. The number of hydrogen-bond acceptors (Lipinski definition) is 4. The van der Waals surface area contributed by atoms with E-state index >= 15 is 0 Å². The standard InChI is InChI=1S/C15H23NO4S/c1-5-15(3,8-9-17)16-14(18)13-10-12(21(4,19)20)7-6-11(13)2/h6-7,10,17H,5,8-9H2,1-4H3,(H,16,18). The van der Waals surface area contributed by atoms with Crippen molar-refractivity contribution in [1.29, 1.82) is 0 Å². The lowest BCUT2D eigenvalue weighted by Gasteiger charge is -2.29. The van der Waals surface area contributed by atoms with E-state index in [9.17, 15) is 13.2 Å². The van der Waals surface area contributed by atoms with Gasteiger partial charge in [0, 0.05) is 24.0 Å². The minimum Gasteiger partial charge on any atom is -0.396 e. The van der Waals surface area contributed by atoms with Crippen molar-refractivity contribution in [2.75, 3.05) is 12.9 Å². The van der Waals surface area contributed by atoms with Crippen LogP contribution in [0.2, 0.25) is 0 Å². The van der Waals surface area contributed by atoms with E-state index in [1.165, 1.54) is 12.1 Å². The van der Waals surface area contributed by atoms with E-state index in [1.807, 2.05) is 13.8 Å². The van der Waals surface area contributed by atoms with Crippen LogP contribution >= 0.6 is 0 Å². The number of carbonyl (C=O) groups excluding carboxylic acids is 1. The zero-order valence-corrected chi connectivity index (χ0v) is 13.8. The Morgan fingerprint density at radius 1 is 1.38 bits per heavy atom. The first-order valence-corrected chi connectivity index (χ1v) is 8.76. The average Bonchev–Trinajstić information content (AvgIpc) is 2.37. The Labute approximate surface area is 126 Å². The average molecular weight is 313 g/mol. The number of amides is 1. The van der Waals surface area contributed by atoms with Crippen molar-refractivity contribution in [3.8, 4) is 0 Å². The highest BCUT2D eigenvalue weighted by Gasteiger charge is 2.25. The molecule has 5 nitrogen and oxygen atoms in total. The molecule has 0 aliphatic carbocycles. The lowest BCUT2D eigenvalue weighted by atomic mass is 9.94. The van der Waals surface area contributed by atoms with E-state index < -0.39 is 15.4 Å². The highest BCUT2D eigenvalue weighted by Crippen LogP contribution is 2.19. The highest BCUT2D eigenvalue weighted by molar-refractivity contribution is 7.90. The van der Waals surface area contributed by atoms with Crippen molar-refractivity contribution in [2.24, 2.45) is 0 Å². The second-order valence-corrected chi connectivity index (χ2v) is 7.61. The normalized spacial score (nSPS) is 14.5. The maximum Gasteiger partial charge on any atom is 0.252 e. The molecule has 1 amide bonds. The van der Waals surface area contributed by atoms with Gasteiger partial charge in [0.05, 0.1) is 4.90 Å². The molecule has 1 aromatic carbocycles. The van der Waals surface area contributed by atoms with Gasteiger partial charge in [-0.3, -0.25) is 4.79 Å². The molecule has 6 heteroatoms. The first kappa shape index (κ1) is 17.7. The lowest BCUT2D eigenvalue weighted by Crippen LogP contribution is -2.46. The smallest absolute Gasteiger partial charge is 0.252 e. The van der Waals surface area contributed by atoms with Gasteiger partial charge in [0.1, 0.15) is 0 Å². The van der Waals surface area contributed by atoms with Gasteiger partial charge in [-0.1, -0.05) is 13.0 Å². The second kappa shape index (κ2) is 6.58. The summed E-state index contributed by atoms with van der Waals surface area (Å²) in [7, 11) is -3.36. The van der Waals surface area contributed by atoms with Crippen molar-refractivity contribution < 1.29 is 18.3 Å². The number of aryl methyl sites for hydroxylation is 1. The molecule has 1 atom stereocenters. The zero-order valence-electron chi connectivity index (χ0n) is 12.9. The first-order valence-electron chi connectivity index (χ1n) is 6.87. The molecule has 0 aromatic heterocycles. The molecular formula is C15H23NO4S. The molecule has 0 heterocycles. The quantitative estimate of drug-likeness (QED) is 0.837. The summed E-state index contributed by atoms with van der Waals surface area (Å²) in [6.07, 6.45) is 2.23. The Kier molecular flexibility index (Phi) is 5.53. The number of rotatable bonds is 6. The van der Waals surface area contributed by atoms with Gasteiger partial charge in [-0.15, -0.1) is 0 Å². The van der Waals surface area contributed by atoms with Crippen LogP contribution < -0.4 is 5.32 Å². The van der Waals surface area contributed by atoms with Crippen LogP contribution in [0.3, 0.4) is 0 Å². The third-order valence-corrected chi connectivity index (χ3v) is 4.85. The van der Waals surface area contributed by atoms with Gasteiger partial charge in [-0.2, -0.15) is 0 Å². The van der Waals surface area contributed by atoms with Crippen LogP contribution in [0.25, 0.3) is 0 Å². The van der Waals surface area contributed by atoms with Crippen LogP contribution in [0.1, 0.15) is 42.6 Å². The minimum absolute atomic E-state index is 0.0209.